The van der Waals surface area contributed by atoms with Crippen molar-refractivity contribution < 1.29 is 0 Å². The first kappa shape index (κ1) is 16.3. The second-order valence-corrected chi connectivity index (χ2v) is 8.57. The molecule has 0 heterocycles. The number of rotatable bonds is 3. The van der Waals surface area contributed by atoms with Crippen LogP contribution in [-0.4, -0.2) is 12.1 Å². The van der Waals surface area contributed by atoms with Crippen molar-refractivity contribution in [3.63, 3.8) is 0 Å². The summed E-state index contributed by atoms with van der Waals surface area (Å²) in [6, 6.07) is 1.63. The van der Waals surface area contributed by atoms with E-state index in [1.54, 1.807) is 0 Å². The Morgan fingerprint density at radius 1 is 0.850 bits per heavy atom. The molecule has 0 aromatic heterocycles. The minimum atomic E-state index is 0.507. The average molecular weight is 280 g/mol. The molecule has 4 atom stereocenters. The number of hydrogen-bond acceptors (Lipinski definition) is 1. The second kappa shape index (κ2) is 7.29. The number of nitrogens with one attached hydrogen (secondary N) is 1. The van der Waals surface area contributed by atoms with Crippen LogP contribution in [0.25, 0.3) is 0 Å². The lowest BCUT2D eigenvalue weighted by Crippen LogP contribution is -2.41. The lowest BCUT2D eigenvalue weighted by atomic mass is 9.76. The normalized spacial score (nSPS) is 36.6. The standard InChI is InChI=1S/C19H37N/c1-5-15-8-6-11-18(14-15)20-17-10-7-9-16(12-13-17)19(2,3)4/h15-18,20H,5-14H2,1-4H3. The summed E-state index contributed by atoms with van der Waals surface area (Å²) < 4.78 is 0. The largest absolute Gasteiger partial charge is 0.311 e. The second-order valence-electron chi connectivity index (χ2n) is 8.57. The maximum absolute atomic E-state index is 4.03. The van der Waals surface area contributed by atoms with Gasteiger partial charge in [-0.05, 0) is 55.8 Å². The Balaban J connectivity index is 1.79. The molecule has 0 aromatic rings. The fraction of sp³-hybridized carbons (Fsp3) is 1.00. The first-order chi connectivity index (χ1) is 9.49. The Bertz CT molecular complexity index is 278. The molecule has 2 rings (SSSR count). The molecular formula is C19H37N. The summed E-state index contributed by atoms with van der Waals surface area (Å²) in [6.45, 7) is 9.65. The van der Waals surface area contributed by atoms with Gasteiger partial charge in [-0.15, -0.1) is 0 Å². The molecule has 1 heteroatoms. The van der Waals surface area contributed by atoms with Gasteiger partial charge in [-0.3, -0.25) is 0 Å². The van der Waals surface area contributed by atoms with Crippen LogP contribution in [0.3, 0.4) is 0 Å². The van der Waals surface area contributed by atoms with Crippen molar-refractivity contribution in [1.82, 2.24) is 5.32 Å². The van der Waals surface area contributed by atoms with E-state index in [4.69, 9.17) is 0 Å². The van der Waals surface area contributed by atoms with E-state index in [9.17, 15) is 0 Å². The average Bonchev–Trinajstić information content (AvgIpc) is 2.64. The van der Waals surface area contributed by atoms with Gasteiger partial charge in [0.05, 0.1) is 0 Å². The van der Waals surface area contributed by atoms with Crippen molar-refractivity contribution in [1.29, 1.82) is 0 Å². The van der Waals surface area contributed by atoms with Gasteiger partial charge in [-0.25, -0.2) is 0 Å². The molecule has 20 heavy (non-hydrogen) atoms. The summed E-state index contributed by atoms with van der Waals surface area (Å²) in [4.78, 5) is 0. The highest BCUT2D eigenvalue weighted by Crippen LogP contribution is 2.37. The van der Waals surface area contributed by atoms with E-state index >= 15 is 0 Å². The van der Waals surface area contributed by atoms with Gasteiger partial charge in [0.2, 0.25) is 0 Å². The quantitative estimate of drug-likeness (QED) is 0.669. The topological polar surface area (TPSA) is 12.0 Å². The molecule has 4 unspecified atom stereocenters. The van der Waals surface area contributed by atoms with Crippen molar-refractivity contribution in [2.75, 3.05) is 0 Å². The van der Waals surface area contributed by atoms with Crippen molar-refractivity contribution in [3.05, 3.63) is 0 Å². The molecule has 2 aliphatic rings. The fourth-order valence-corrected chi connectivity index (χ4v) is 4.48. The molecule has 0 bridgehead atoms. The zero-order chi connectivity index (χ0) is 14.6. The maximum Gasteiger partial charge on any atom is 0.00722 e. The Morgan fingerprint density at radius 2 is 1.55 bits per heavy atom. The molecule has 1 nitrogen and oxygen atoms in total. The van der Waals surface area contributed by atoms with Crippen LogP contribution in [0, 0.1) is 17.3 Å². The first-order valence-corrected chi connectivity index (χ1v) is 9.25. The minimum absolute atomic E-state index is 0.507. The van der Waals surface area contributed by atoms with Crippen LogP contribution >= 0.6 is 0 Å². The van der Waals surface area contributed by atoms with E-state index in [0.29, 0.717) is 5.41 Å². The third kappa shape index (κ3) is 4.76. The SMILES string of the molecule is CCC1CCCC(NC2CCCC(C(C)(C)C)CC2)C1. The van der Waals surface area contributed by atoms with Crippen LogP contribution in [-0.2, 0) is 0 Å². The van der Waals surface area contributed by atoms with Crippen molar-refractivity contribution in [3.8, 4) is 0 Å². The zero-order valence-electron chi connectivity index (χ0n) is 14.4. The minimum Gasteiger partial charge on any atom is -0.311 e. The lowest BCUT2D eigenvalue weighted by Gasteiger charge is -2.33. The molecule has 0 spiro atoms. The Labute approximate surface area is 127 Å². The van der Waals surface area contributed by atoms with Gasteiger partial charge in [0.25, 0.3) is 0 Å². The van der Waals surface area contributed by atoms with Crippen LogP contribution in [0.1, 0.15) is 91.9 Å². The van der Waals surface area contributed by atoms with Crippen LogP contribution < -0.4 is 5.32 Å². The molecule has 1 N–H and O–H groups in total. The predicted molar refractivity (Wildman–Crippen MR) is 89.0 cm³/mol. The molecule has 2 saturated carbocycles. The van der Waals surface area contributed by atoms with Crippen molar-refractivity contribution in [2.45, 2.75) is 104 Å². The fourth-order valence-electron chi connectivity index (χ4n) is 4.48. The van der Waals surface area contributed by atoms with Crippen LogP contribution in [0.2, 0.25) is 0 Å². The highest BCUT2D eigenvalue weighted by molar-refractivity contribution is 4.85. The van der Waals surface area contributed by atoms with Gasteiger partial charge in [0.15, 0.2) is 0 Å². The van der Waals surface area contributed by atoms with Crippen molar-refractivity contribution >= 4 is 0 Å². The third-order valence-corrected chi connectivity index (χ3v) is 6.03. The molecule has 0 aromatic carbocycles. The van der Waals surface area contributed by atoms with E-state index in [1.807, 2.05) is 0 Å². The smallest absolute Gasteiger partial charge is 0.00722 e. The van der Waals surface area contributed by atoms with E-state index in [0.717, 1.165) is 23.9 Å². The summed E-state index contributed by atoms with van der Waals surface area (Å²) in [6.07, 6.45) is 14.3. The maximum atomic E-state index is 4.03. The van der Waals surface area contributed by atoms with Gasteiger partial charge < -0.3 is 5.32 Å². The first-order valence-electron chi connectivity index (χ1n) is 9.25. The van der Waals surface area contributed by atoms with E-state index < -0.39 is 0 Å². The van der Waals surface area contributed by atoms with Gasteiger partial charge >= 0.3 is 0 Å². The summed E-state index contributed by atoms with van der Waals surface area (Å²) in [7, 11) is 0. The summed E-state index contributed by atoms with van der Waals surface area (Å²) in [5.41, 5.74) is 0.507. The lowest BCUT2D eigenvalue weighted by molar-refractivity contribution is 0.211. The Kier molecular flexibility index (Phi) is 5.95. The van der Waals surface area contributed by atoms with E-state index in [2.05, 4.69) is 33.0 Å². The summed E-state index contributed by atoms with van der Waals surface area (Å²) in [5, 5.41) is 4.03. The highest BCUT2D eigenvalue weighted by Gasteiger charge is 2.29. The molecule has 0 radical (unpaired) electrons. The molecule has 0 amide bonds. The van der Waals surface area contributed by atoms with Crippen molar-refractivity contribution in [2.24, 2.45) is 17.3 Å². The van der Waals surface area contributed by atoms with Gasteiger partial charge in [-0.2, -0.15) is 0 Å². The van der Waals surface area contributed by atoms with Crippen LogP contribution in [0.4, 0.5) is 0 Å². The zero-order valence-corrected chi connectivity index (χ0v) is 14.4. The molecule has 0 aliphatic heterocycles. The van der Waals surface area contributed by atoms with Crippen LogP contribution in [0.15, 0.2) is 0 Å². The third-order valence-electron chi connectivity index (χ3n) is 6.03. The molecule has 118 valence electrons. The van der Waals surface area contributed by atoms with Crippen LogP contribution in [0.5, 0.6) is 0 Å². The Morgan fingerprint density at radius 3 is 2.25 bits per heavy atom. The van der Waals surface area contributed by atoms with Gasteiger partial charge in [0.1, 0.15) is 0 Å². The molecular weight excluding hydrogens is 242 g/mol. The molecule has 2 fully saturated rings. The van der Waals surface area contributed by atoms with E-state index in [1.165, 1.54) is 64.2 Å². The Hall–Kier alpha value is -0.0400. The summed E-state index contributed by atoms with van der Waals surface area (Å²) >= 11 is 0. The van der Waals surface area contributed by atoms with E-state index in [-0.39, 0.29) is 0 Å². The summed E-state index contributed by atoms with van der Waals surface area (Å²) in [5.74, 6) is 1.93. The molecule has 0 saturated heterocycles. The van der Waals surface area contributed by atoms with Gasteiger partial charge in [-0.1, -0.05) is 53.4 Å². The predicted octanol–water partition coefficient (Wildman–Crippen LogP) is 5.54. The molecule has 2 aliphatic carbocycles. The number of hydrogen-bond donors (Lipinski definition) is 1. The highest BCUT2D eigenvalue weighted by atomic mass is 15.0. The van der Waals surface area contributed by atoms with Gasteiger partial charge in [0, 0.05) is 12.1 Å². The monoisotopic (exact) mass is 279 g/mol.